The maximum atomic E-state index is 12.6. The molecule has 4 heteroatoms. The molecule has 1 atom stereocenters. The average molecular weight is 386 g/mol. The molecule has 0 radical (unpaired) electrons. The van der Waals surface area contributed by atoms with Crippen LogP contribution < -0.4 is 10.1 Å². The van der Waals surface area contributed by atoms with E-state index in [-0.39, 0.29) is 11.7 Å². The monoisotopic (exact) mass is 385 g/mol. The summed E-state index contributed by atoms with van der Waals surface area (Å²) in [4.78, 5) is 12.6. The summed E-state index contributed by atoms with van der Waals surface area (Å²) >= 11 is 3.42. The molecule has 24 heavy (non-hydrogen) atoms. The van der Waals surface area contributed by atoms with Crippen LogP contribution in [0.4, 0.5) is 5.69 Å². The van der Waals surface area contributed by atoms with Crippen molar-refractivity contribution in [3.63, 3.8) is 0 Å². The first-order valence-electron chi connectivity index (χ1n) is 8.04. The van der Waals surface area contributed by atoms with Gasteiger partial charge in [-0.1, -0.05) is 28.1 Å². The van der Waals surface area contributed by atoms with Crippen molar-refractivity contribution in [2.24, 2.45) is 5.92 Å². The average Bonchev–Trinajstić information content (AvgIpc) is 2.95. The number of halogens is 1. The van der Waals surface area contributed by atoms with Crippen LogP contribution in [0.15, 0.2) is 58.6 Å². The standard InChI is InChI=1S/C20H20BrNO2/c1-24-19-10-2-14(3-11-19)12-15-4-5-16(20(15)23)13-22-18-8-6-17(21)7-9-18/h2-3,6-12,16,22H,4-5,13H2,1H3/b15-12+. The van der Waals surface area contributed by atoms with Gasteiger partial charge >= 0.3 is 0 Å². The van der Waals surface area contributed by atoms with Crippen LogP contribution in [0, 0.1) is 5.92 Å². The number of rotatable bonds is 5. The van der Waals surface area contributed by atoms with Gasteiger partial charge in [0.05, 0.1) is 7.11 Å². The van der Waals surface area contributed by atoms with Crippen molar-refractivity contribution < 1.29 is 9.53 Å². The number of anilines is 1. The maximum absolute atomic E-state index is 12.6. The zero-order valence-corrected chi connectivity index (χ0v) is 15.2. The number of ketones is 1. The van der Waals surface area contributed by atoms with E-state index in [2.05, 4.69) is 21.2 Å². The lowest BCUT2D eigenvalue weighted by atomic mass is 10.0. The largest absolute Gasteiger partial charge is 0.497 e. The smallest absolute Gasteiger partial charge is 0.163 e. The number of ether oxygens (including phenoxy) is 1. The van der Waals surface area contributed by atoms with Crippen LogP contribution in [0.1, 0.15) is 18.4 Å². The number of benzene rings is 2. The summed E-state index contributed by atoms with van der Waals surface area (Å²) in [5.74, 6) is 1.14. The Kier molecular flexibility index (Phi) is 5.36. The van der Waals surface area contributed by atoms with Crippen LogP contribution >= 0.6 is 15.9 Å². The molecule has 3 nitrogen and oxygen atoms in total. The van der Waals surface area contributed by atoms with Crippen molar-refractivity contribution in [2.75, 3.05) is 19.0 Å². The topological polar surface area (TPSA) is 38.3 Å². The number of allylic oxidation sites excluding steroid dienone is 1. The summed E-state index contributed by atoms with van der Waals surface area (Å²) < 4.78 is 6.21. The van der Waals surface area contributed by atoms with Crippen molar-refractivity contribution in [3.8, 4) is 5.75 Å². The number of methoxy groups -OCH3 is 1. The molecule has 1 fully saturated rings. The van der Waals surface area contributed by atoms with Crippen molar-refractivity contribution in [1.29, 1.82) is 0 Å². The molecule has 1 saturated carbocycles. The van der Waals surface area contributed by atoms with Crippen LogP contribution in [0.25, 0.3) is 6.08 Å². The fourth-order valence-corrected chi connectivity index (χ4v) is 3.16. The van der Waals surface area contributed by atoms with Gasteiger partial charge in [-0.2, -0.15) is 0 Å². The molecule has 1 aliphatic carbocycles. The minimum Gasteiger partial charge on any atom is -0.497 e. The lowest BCUT2D eigenvalue weighted by Gasteiger charge is -2.10. The van der Waals surface area contributed by atoms with Crippen LogP contribution in [-0.2, 0) is 4.79 Å². The summed E-state index contributed by atoms with van der Waals surface area (Å²) in [5, 5.41) is 3.36. The van der Waals surface area contributed by atoms with Crippen molar-refractivity contribution >= 4 is 33.5 Å². The Bertz CT molecular complexity index is 735. The highest BCUT2D eigenvalue weighted by molar-refractivity contribution is 9.10. The molecule has 3 rings (SSSR count). The van der Waals surface area contributed by atoms with Crippen molar-refractivity contribution in [2.45, 2.75) is 12.8 Å². The van der Waals surface area contributed by atoms with Gasteiger partial charge in [-0.3, -0.25) is 4.79 Å². The zero-order chi connectivity index (χ0) is 16.9. The Balaban J connectivity index is 1.61. The zero-order valence-electron chi connectivity index (χ0n) is 13.6. The Hall–Kier alpha value is -2.07. The third kappa shape index (κ3) is 4.06. The number of carbonyl (C=O) groups excluding carboxylic acids is 1. The molecule has 1 N–H and O–H groups in total. The van der Waals surface area contributed by atoms with Crippen molar-refractivity contribution in [1.82, 2.24) is 0 Å². The number of Topliss-reactive ketones (excluding diaryl/α,β-unsaturated/α-hetero) is 1. The van der Waals surface area contributed by atoms with Gasteiger partial charge in [-0.05, 0) is 66.5 Å². The summed E-state index contributed by atoms with van der Waals surface area (Å²) in [6, 6.07) is 15.8. The Morgan fingerprint density at radius 1 is 1.17 bits per heavy atom. The molecule has 0 heterocycles. The highest BCUT2D eigenvalue weighted by Crippen LogP contribution is 2.29. The summed E-state index contributed by atoms with van der Waals surface area (Å²) in [6.07, 6.45) is 3.75. The Labute approximate surface area is 150 Å². The van der Waals surface area contributed by atoms with Gasteiger partial charge < -0.3 is 10.1 Å². The number of hydrogen-bond acceptors (Lipinski definition) is 3. The molecule has 0 amide bonds. The van der Waals surface area contributed by atoms with E-state index in [0.717, 1.165) is 39.9 Å². The quantitative estimate of drug-likeness (QED) is 0.741. The molecular formula is C20H20BrNO2. The van der Waals surface area contributed by atoms with E-state index in [1.54, 1.807) is 7.11 Å². The van der Waals surface area contributed by atoms with Gasteiger partial charge in [0.25, 0.3) is 0 Å². The first-order valence-corrected chi connectivity index (χ1v) is 8.83. The molecular weight excluding hydrogens is 366 g/mol. The third-order valence-corrected chi connectivity index (χ3v) is 4.83. The third-order valence-electron chi connectivity index (χ3n) is 4.30. The first kappa shape index (κ1) is 16.8. The minimum atomic E-state index is 0.0538. The van der Waals surface area contributed by atoms with E-state index in [1.807, 2.05) is 54.6 Å². The van der Waals surface area contributed by atoms with E-state index in [1.165, 1.54) is 0 Å². The number of hydrogen-bond donors (Lipinski definition) is 1. The molecule has 0 aliphatic heterocycles. The summed E-state index contributed by atoms with van der Waals surface area (Å²) in [7, 11) is 1.65. The first-order chi connectivity index (χ1) is 11.7. The fourth-order valence-electron chi connectivity index (χ4n) is 2.89. The van der Waals surface area contributed by atoms with Gasteiger partial charge in [0.2, 0.25) is 0 Å². The van der Waals surface area contributed by atoms with E-state index in [0.29, 0.717) is 6.54 Å². The minimum absolute atomic E-state index is 0.0538. The van der Waals surface area contributed by atoms with Crippen LogP contribution in [0.2, 0.25) is 0 Å². The van der Waals surface area contributed by atoms with E-state index >= 15 is 0 Å². The molecule has 0 saturated heterocycles. The van der Waals surface area contributed by atoms with E-state index in [9.17, 15) is 4.79 Å². The molecule has 124 valence electrons. The predicted octanol–water partition coefficient (Wildman–Crippen LogP) is 4.93. The molecule has 2 aromatic rings. The van der Waals surface area contributed by atoms with E-state index in [4.69, 9.17) is 4.74 Å². The van der Waals surface area contributed by atoms with Crippen LogP contribution in [0.5, 0.6) is 5.75 Å². The molecule has 1 aliphatic rings. The van der Waals surface area contributed by atoms with Gasteiger partial charge in [0, 0.05) is 22.6 Å². The molecule has 0 bridgehead atoms. The van der Waals surface area contributed by atoms with Crippen molar-refractivity contribution in [3.05, 3.63) is 64.1 Å². The second-order valence-electron chi connectivity index (χ2n) is 5.93. The molecule has 2 aromatic carbocycles. The normalized spacial score (nSPS) is 18.8. The second kappa shape index (κ2) is 7.67. The van der Waals surface area contributed by atoms with E-state index < -0.39 is 0 Å². The highest BCUT2D eigenvalue weighted by Gasteiger charge is 2.28. The summed E-state index contributed by atoms with van der Waals surface area (Å²) in [6.45, 7) is 0.681. The molecule has 1 unspecified atom stereocenters. The maximum Gasteiger partial charge on any atom is 0.163 e. The van der Waals surface area contributed by atoms with Gasteiger partial charge in [0.1, 0.15) is 5.75 Å². The van der Waals surface area contributed by atoms with Crippen LogP contribution in [0.3, 0.4) is 0 Å². The Morgan fingerprint density at radius 3 is 2.54 bits per heavy atom. The SMILES string of the molecule is COc1ccc(/C=C2\CCC(CNc3ccc(Br)cc3)C2=O)cc1. The van der Waals surface area contributed by atoms with Gasteiger partial charge in [-0.25, -0.2) is 0 Å². The second-order valence-corrected chi connectivity index (χ2v) is 6.85. The molecule has 0 spiro atoms. The molecule has 0 aromatic heterocycles. The van der Waals surface area contributed by atoms with Crippen LogP contribution in [-0.4, -0.2) is 19.4 Å². The fraction of sp³-hybridized carbons (Fsp3) is 0.250. The highest BCUT2D eigenvalue weighted by atomic mass is 79.9. The number of nitrogens with one attached hydrogen (secondary N) is 1. The van der Waals surface area contributed by atoms with Gasteiger partial charge in [-0.15, -0.1) is 0 Å². The number of carbonyl (C=O) groups is 1. The lowest BCUT2D eigenvalue weighted by molar-refractivity contribution is -0.117. The lowest BCUT2D eigenvalue weighted by Crippen LogP contribution is -2.18. The Morgan fingerprint density at radius 2 is 1.88 bits per heavy atom. The van der Waals surface area contributed by atoms with Gasteiger partial charge in [0.15, 0.2) is 5.78 Å². The summed E-state index contributed by atoms with van der Waals surface area (Å²) in [5.41, 5.74) is 3.00. The predicted molar refractivity (Wildman–Crippen MR) is 101 cm³/mol.